The fraction of sp³-hybridized carbons (Fsp3) is 0.364. The predicted molar refractivity (Wildman–Crippen MR) is 166 cm³/mol. The maximum Gasteiger partial charge on any atom is 0.308 e. The molecule has 0 spiro atoms. The number of halogens is 1. The van der Waals surface area contributed by atoms with Crippen LogP contribution in [0.3, 0.4) is 0 Å². The predicted octanol–water partition coefficient (Wildman–Crippen LogP) is 7.63. The number of ether oxygens (including phenoxy) is 3. The van der Waals surface area contributed by atoms with Gasteiger partial charge in [0.05, 0.1) is 19.6 Å². The van der Waals surface area contributed by atoms with Crippen molar-refractivity contribution in [1.29, 1.82) is 0 Å². The second-order valence-corrected chi connectivity index (χ2v) is 11.3. The van der Waals surface area contributed by atoms with E-state index in [1.54, 1.807) is 0 Å². The lowest BCUT2D eigenvalue weighted by atomic mass is 9.99. The SMILES string of the molecule is COC(=O)C(C)CCOc1ccc(Cc2c(-c3ccc(OCCN4CCCC4)cc3)sc3ccccc23)cc1.Cl. The summed E-state index contributed by atoms with van der Waals surface area (Å²) in [5.74, 6) is 1.37. The highest BCUT2D eigenvalue weighted by Crippen LogP contribution is 2.40. The van der Waals surface area contributed by atoms with Crippen LogP contribution in [0.25, 0.3) is 20.5 Å². The summed E-state index contributed by atoms with van der Waals surface area (Å²) in [6.07, 6.45) is 4.08. The van der Waals surface area contributed by atoms with E-state index in [4.69, 9.17) is 14.2 Å². The van der Waals surface area contributed by atoms with Gasteiger partial charge in [0.25, 0.3) is 0 Å². The Hall–Kier alpha value is -3.06. The third kappa shape index (κ3) is 7.57. The highest BCUT2D eigenvalue weighted by Gasteiger charge is 2.16. The van der Waals surface area contributed by atoms with Crippen molar-refractivity contribution in [3.8, 4) is 21.9 Å². The molecule has 0 saturated carbocycles. The molecule has 1 unspecified atom stereocenters. The van der Waals surface area contributed by atoms with Gasteiger partial charge in [-0.05, 0) is 103 Å². The molecule has 40 heavy (non-hydrogen) atoms. The molecule has 1 aliphatic rings. The average molecular weight is 580 g/mol. The lowest BCUT2D eigenvalue weighted by Gasteiger charge is -2.15. The van der Waals surface area contributed by atoms with E-state index in [1.807, 2.05) is 30.4 Å². The van der Waals surface area contributed by atoms with Crippen LogP contribution in [0.5, 0.6) is 11.5 Å². The van der Waals surface area contributed by atoms with E-state index in [2.05, 4.69) is 65.6 Å². The summed E-state index contributed by atoms with van der Waals surface area (Å²) in [6, 6.07) is 25.5. The first-order chi connectivity index (χ1) is 19.1. The summed E-state index contributed by atoms with van der Waals surface area (Å²) >= 11 is 1.85. The number of benzene rings is 3. The highest BCUT2D eigenvalue weighted by atomic mass is 35.5. The normalized spacial score (nSPS) is 14.1. The van der Waals surface area contributed by atoms with Gasteiger partial charge in [0.1, 0.15) is 18.1 Å². The zero-order valence-electron chi connectivity index (χ0n) is 23.3. The molecule has 7 heteroatoms. The standard InChI is InChI=1S/C33H37NO4S.ClH/c1-24(33(35)36-2)17-21-37-27-13-9-25(10-14-27)23-30-29-7-3-4-8-31(29)39-32(30)26-11-15-28(16-12-26)38-22-20-34-18-5-6-19-34;/h3-4,7-16,24H,5-6,17-23H2,1-2H3;1H. The number of nitrogens with zero attached hydrogens (tertiary/aromatic N) is 1. The van der Waals surface area contributed by atoms with Crippen molar-refractivity contribution in [3.05, 3.63) is 83.9 Å². The van der Waals surface area contributed by atoms with Gasteiger partial charge < -0.3 is 14.2 Å². The van der Waals surface area contributed by atoms with E-state index in [0.29, 0.717) is 13.0 Å². The van der Waals surface area contributed by atoms with Gasteiger partial charge in [-0.15, -0.1) is 23.7 Å². The Labute approximate surface area is 247 Å². The minimum Gasteiger partial charge on any atom is -0.494 e. The largest absolute Gasteiger partial charge is 0.494 e. The Morgan fingerprint density at radius 1 is 0.900 bits per heavy atom. The first kappa shape index (κ1) is 29.9. The Bertz CT molecular complexity index is 1360. The molecule has 0 aliphatic carbocycles. The summed E-state index contributed by atoms with van der Waals surface area (Å²) in [6.45, 7) is 6.46. The van der Waals surface area contributed by atoms with Gasteiger partial charge in [0.15, 0.2) is 0 Å². The monoisotopic (exact) mass is 579 g/mol. The number of likely N-dealkylation sites (tertiary alicyclic amines) is 1. The molecule has 1 fully saturated rings. The fourth-order valence-corrected chi connectivity index (χ4v) is 6.32. The van der Waals surface area contributed by atoms with Crippen LogP contribution in [0, 0.1) is 5.92 Å². The van der Waals surface area contributed by atoms with Crippen LogP contribution in [-0.2, 0) is 16.0 Å². The van der Waals surface area contributed by atoms with E-state index in [9.17, 15) is 4.79 Å². The molecule has 5 rings (SSSR count). The first-order valence-corrected chi connectivity index (χ1v) is 14.7. The Morgan fingerprint density at radius 2 is 1.55 bits per heavy atom. The molecule has 3 aromatic carbocycles. The third-order valence-electron chi connectivity index (χ3n) is 7.42. The van der Waals surface area contributed by atoms with Crippen molar-refractivity contribution in [2.45, 2.75) is 32.6 Å². The van der Waals surface area contributed by atoms with Gasteiger partial charge in [-0.2, -0.15) is 0 Å². The molecule has 0 radical (unpaired) electrons. The molecule has 0 amide bonds. The van der Waals surface area contributed by atoms with Crippen LogP contribution in [-0.4, -0.2) is 50.8 Å². The maximum absolute atomic E-state index is 11.6. The molecule has 1 aromatic heterocycles. The number of carbonyl (C=O) groups excluding carboxylic acids is 1. The van der Waals surface area contributed by atoms with Gasteiger partial charge in [0.2, 0.25) is 0 Å². The Morgan fingerprint density at radius 3 is 2.25 bits per heavy atom. The molecule has 5 nitrogen and oxygen atoms in total. The van der Waals surface area contributed by atoms with Crippen LogP contribution in [0.15, 0.2) is 72.8 Å². The topological polar surface area (TPSA) is 48.0 Å². The third-order valence-corrected chi connectivity index (χ3v) is 8.68. The van der Waals surface area contributed by atoms with E-state index >= 15 is 0 Å². The molecule has 1 aliphatic heterocycles. The molecule has 0 bridgehead atoms. The van der Waals surface area contributed by atoms with Crippen molar-refractivity contribution in [1.82, 2.24) is 4.90 Å². The molecule has 1 atom stereocenters. The molecule has 4 aromatic rings. The Balaban J connectivity index is 0.00000370. The van der Waals surface area contributed by atoms with Crippen LogP contribution >= 0.6 is 23.7 Å². The quantitative estimate of drug-likeness (QED) is 0.161. The lowest BCUT2D eigenvalue weighted by Crippen LogP contribution is -2.25. The molecule has 0 N–H and O–H groups in total. The highest BCUT2D eigenvalue weighted by molar-refractivity contribution is 7.22. The minimum absolute atomic E-state index is 0. The van der Waals surface area contributed by atoms with Gasteiger partial charge in [-0.3, -0.25) is 9.69 Å². The van der Waals surface area contributed by atoms with Crippen molar-refractivity contribution < 1.29 is 19.0 Å². The maximum atomic E-state index is 11.6. The number of rotatable bonds is 12. The summed E-state index contributed by atoms with van der Waals surface area (Å²) in [7, 11) is 1.42. The smallest absolute Gasteiger partial charge is 0.308 e. The number of methoxy groups -OCH3 is 1. The van der Waals surface area contributed by atoms with E-state index < -0.39 is 0 Å². The number of hydrogen-bond donors (Lipinski definition) is 0. The molecule has 1 saturated heterocycles. The van der Waals surface area contributed by atoms with E-state index in [1.165, 1.54) is 64.7 Å². The second-order valence-electron chi connectivity index (χ2n) is 10.2. The summed E-state index contributed by atoms with van der Waals surface area (Å²) in [5.41, 5.74) is 3.80. The van der Waals surface area contributed by atoms with Crippen LogP contribution in [0.1, 0.15) is 37.3 Å². The summed E-state index contributed by atoms with van der Waals surface area (Å²) < 4.78 is 18.0. The van der Waals surface area contributed by atoms with Gasteiger partial charge in [-0.25, -0.2) is 0 Å². The number of esters is 1. The van der Waals surface area contributed by atoms with Crippen LogP contribution in [0.2, 0.25) is 0 Å². The van der Waals surface area contributed by atoms with Crippen molar-refractivity contribution in [2.24, 2.45) is 5.92 Å². The lowest BCUT2D eigenvalue weighted by molar-refractivity contribution is -0.145. The molecule has 212 valence electrons. The van der Waals surface area contributed by atoms with Gasteiger partial charge in [0, 0.05) is 16.1 Å². The number of thiophene rings is 1. The van der Waals surface area contributed by atoms with Crippen molar-refractivity contribution in [3.63, 3.8) is 0 Å². The number of fused-ring (bicyclic) bond motifs is 1. The minimum atomic E-state index is -0.201. The summed E-state index contributed by atoms with van der Waals surface area (Å²) in [4.78, 5) is 15.4. The zero-order chi connectivity index (χ0) is 27.0. The second kappa shape index (κ2) is 14.5. The van der Waals surface area contributed by atoms with Crippen LogP contribution < -0.4 is 9.47 Å². The van der Waals surface area contributed by atoms with Gasteiger partial charge >= 0.3 is 5.97 Å². The van der Waals surface area contributed by atoms with Gasteiger partial charge in [-0.1, -0.05) is 37.3 Å². The number of hydrogen-bond acceptors (Lipinski definition) is 6. The molecular formula is C33H38ClNO4S. The zero-order valence-corrected chi connectivity index (χ0v) is 24.9. The first-order valence-electron chi connectivity index (χ1n) is 13.9. The van der Waals surface area contributed by atoms with E-state index in [0.717, 1.165) is 31.1 Å². The van der Waals surface area contributed by atoms with E-state index in [-0.39, 0.29) is 24.3 Å². The average Bonchev–Trinajstić information content (AvgIpc) is 3.62. The fourth-order valence-electron chi connectivity index (χ4n) is 5.09. The Kier molecular flexibility index (Phi) is 10.9. The van der Waals surface area contributed by atoms with Crippen molar-refractivity contribution in [2.75, 3.05) is 40.0 Å². The number of carbonyl (C=O) groups is 1. The van der Waals surface area contributed by atoms with Crippen molar-refractivity contribution >= 4 is 39.8 Å². The molecule has 2 heterocycles. The molecular weight excluding hydrogens is 542 g/mol. The summed E-state index contributed by atoms with van der Waals surface area (Å²) in [5, 5.41) is 1.31. The van der Waals surface area contributed by atoms with Crippen LogP contribution in [0.4, 0.5) is 0 Å².